The lowest BCUT2D eigenvalue weighted by Gasteiger charge is -2.20. The van der Waals surface area contributed by atoms with Gasteiger partial charge >= 0.3 is 6.18 Å². The van der Waals surface area contributed by atoms with Gasteiger partial charge in [0.05, 0.1) is 17.8 Å². The highest BCUT2D eigenvalue weighted by atomic mass is 19.4. The molecule has 3 rings (SSSR count). The minimum absolute atomic E-state index is 0.0649. The molecule has 0 aliphatic heterocycles. The lowest BCUT2D eigenvalue weighted by molar-refractivity contribution is -0.137. The first-order chi connectivity index (χ1) is 12.3. The number of nitrogens with one attached hydrogen (secondary N) is 1. The summed E-state index contributed by atoms with van der Waals surface area (Å²) in [4.78, 5) is 13.9. The summed E-state index contributed by atoms with van der Waals surface area (Å²) in [5.41, 5.74) is -0.290. The van der Waals surface area contributed by atoms with E-state index in [1.54, 1.807) is 11.9 Å². The molecule has 6 heteroatoms. The molecular formula is C20H17F3N2O. The minimum atomic E-state index is -4.52. The lowest BCUT2D eigenvalue weighted by atomic mass is 10.1. The Hall–Kier alpha value is -3.02. The number of amides is 1. The topological polar surface area (TPSA) is 32.3 Å². The number of carbonyl (C=O) groups is 1. The van der Waals surface area contributed by atoms with Crippen molar-refractivity contribution >= 4 is 28.1 Å². The fourth-order valence-electron chi connectivity index (χ4n) is 2.75. The Balaban J connectivity index is 1.73. The highest BCUT2D eigenvalue weighted by Crippen LogP contribution is 2.34. The monoisotopic (exact) mass is 358 g/mol. The molecule has 0 unspecified atom stereocenters. The van der Waals surface area contributed by atoms with Crippen molar-refractivity contribution in [2.75, 3.05) is 23.8 Å². The number of alkyl halides is 3. The summed E-state index contributed by atoms with van der Waals surface area (Å²) < 4.78 is 39.0. The van der Waals surface area contributed by atoms with Crippen molar-refractivity contribution in [1.29, 1.82) is 0 Å². The lowest BCUT2D eigenvalue weighted by Crippen LogP contribution is -2.30. The molecule has 0 saturated heterocycles. The molecule has 3 nitrogen and oxygen atoms in total. The number of hydrogen-bond donors (Lipinski definition) is 1. The van der Waals surface area contributed by atoms with Gasteiger partial charge in [0.15, 0.2) is 0 Å². The molecule has 0 radical (unpaired) electrons. The number of likely N-dealkylation sites (N-methyl/N-ethyl adjacent to an activating group) is 1. The van der Waals surface area contributed by atoms with Crippen LogP contribution in [0.1, 0.15) is 5.56 Å². The Kier molecular flexibility index (Phi) is 4.84. The molecule has 26 heavy (non-hydrogen) atoms. The van der Waals surface area contributed by atoms with Gasteiger partial charge < -0.3 is 10.2 Å². The van der Waals surface area contributed by atoms with Gasteiger partial charge in [-0.1, -0.05) is 42.5 Å². The molecular weight excluding hydrogens is 341 g/mol. The molecule has 0 aliphatic carbocycles. The first-order valence-corrected chi connectivity index (χ1v) is 8.00. The third-order valence-corrected chi connectivity index (χ3v) is 4.06. The Morgan fingerprint density at radius 1 is 0.962 bits per heavy atom. The number of halogens is 3. The average molecular weight is 358 g/mol. The third kappa shape index (κ3) is 3.96. The fourth-order valence-corrected chi connectivity index (χ4v) is 2.75. The van der Waals surface area contributed by atoms with Crippen LogP contribution in [0.25, 0.3) is 10.8 Å². The minimum Gasteiger partial charge on any atom is -0.365 e. The van der Waals surface area contributed by atoms with Gasteiger partial charge in [0.2, 0.25) is 5.91 Å². The van der Waals surface area contributed by atoms with Gasteiger partial charge in [0.1, 0.15) is 0 Å². The second-order valence-electron chi connectivity index (χ2n) is 5.98. The second kappa shape index (κ2) is 7.07. The number of carbonyl (C=O) groups excluding carboxylic acids is 1. The SMILES string of the molecule is CN(CC(=O)Nc1ccccc1C(F)(F)F)c1ccc2ccccc2c1. The predicted molar refractivity (Wildman–Crippen MR) is 97.3 cm³/mol. The van der Waals surface area contributed by atoms with Gasteiger partial charge in [-0.25, -0.2) is 0 Å². The van der Waals surface area contributed by atoms with Crippen LogP contribution in [0.15, 0.2) is 66.7 Å². The zero-order valence-corrected chi connectivity index (χ0v) is 14.0. The number of anilines is 2. The van der Waals surface area contributed by atoms with Gasteiger partial charge in [-0.05, 0) is 35.0 Å². The van der Waals surface area contributed by atoms with Crippen molar-refractivity contribution in [3.63, 3.8) is 0 Å². The van der Waals surface area contributed by atoms with Crippen LogP contribution in [-0.2, 0) is 11.0 Å². The van der Waals surface area contributed by atoms with E-state index in [2.05, 4.69) is 5.32 Å². The second-order valence-corrected chi connectivity index (χ2v) is 5.98. The number of para-hydroxylation sites is 1. The van der Waals surface area contributed by atoms with Crippen LogP contribution in [0.2, 0.25) is 0 Å². The summed E-state index contributed by atoms with van der Waals surface area (Å²) in [7, 11) is 1.72. The van der Waals surface area contributed by atoms with Gasteiger partial charge in [-0.3, -0.25) is 4.79 Å². The maximum Gasteiger partial charge on any atom is 0.418 e. The number of hydrogen-bond acceptors (Lipinski definition) is 2. The van der Waals surface area contributed by atoms with E-state index in [-0.39, 0.29) is 12.2 Å². The van der Waals surface area contributed by atoms with E-state index in [0.29, 0.717) is 0 Å². The molecule has 0 heterocycles. The summed E-state index contributed by atoms with van der Waals surface area (Å²) >= 11 is 0. The van der Waals surface area contributed by atoms with Crippen LogP contribution in [-0.4, -0.2) is 19.5 Å². The van der Waals surface area contributed by atoms with Crippen LogP contribution in [0.5, 0.6) is 0 Å². The highest BCUT2D eigenvalue weighted by molar-refractivity contribution is 5.95. The summed E-state index contributed by atoms with van der Waals surface area (Å²) in [5.74, 6) is -0.516. The van der Waals surface area contributed by atoms with Crippen LogP contribution >= 0.6 is 0 Å². The van der Waals surface area contributed by atoms with E-state index in [4.69, 9.17) is 0 Å². The van der Waals surface area contributed by atoms with E-state index in [1.165, 1.54) is 18.2 Å². The highest BCUT2D eigenvalue weighted by Gasteiger charge is 2.33. The first kappa shape index (κ1) is 17.8. The van der Waals surface area contributed by atoms with Crippen LogP contribution in [0.3, 0.4) is 0 Å². The Bertz CT molecular complexity index is 937. The summed E-state index contributed by atoms with van der Waals surface area (Å²) in [6.45, 7) is -0.0649. The van der Waals surface area contributed by atoms with Crippen molar-refractivity contribution in [3.8, 4) is 0 Å². The van der Waals surface area contributed by atoms with Crippen molar-refractivity contribution in [2.24, 2.45) is 0 Å². The number of fused-ring (bicyclic) bond motifs is 1. The molecule has 134 valence electrons. The molecule has 3 aromatic carbocycles. The van der Waals surface area contributed by atoms with E-state index >= 15 is 0 Å². The van der Waals surface area contributed by atoms with E-state index in [0.717, 1.165) is 22.5 Å². The summed E-state index contributed by atoms with van der Waals surface area (Å²) in [6, 6.07) is 18.5. The standard InChI is InChI=1S/C20H17F3N2O/c1-25(16-11-10-14-6-2-3-7-15(14)12-16)13-19(26)24-18-9-5-4-8-17(18)20(21,22)23/h2-12H,13H2,1H3,(H,24,26). The molecule has 0 atom stereocenters. The normalized spacial score (nSPS) is 11.4. The summed E-state index contributed by atoms with van der Waals surface area (Å²) in [6.07, 6.45) is -4.52. The van der Waals surface area contributed by atoms with Crippen LogP contribution in [0, 0.1) is 0 Å². The van der Waals surface area contributed by atoms with Crippen LogP contribution < -0.4 is 10.2 Å². The largest absolute Gasteiger partial charge is 0.418 e. The molecule has 1 amide bonds. The van der Waals surface area contributed by atoms with Gasteiger partial charge in [0.25, 0.3) is 0 Å². The first-order valence-electron chi connectivity index (χ1n) is 8.00. The molecule has 0 aliphatic rings. The number of nitrogens with zero attached hydrogens (tertiary/aromatic N) is 1. The summed E-state index contributed by atoms with van der Waals surface area (Å²) in [5, 5.41) is 4.46. The maximum atomic E-state index is 13.0. The zero-order chi connectivity index (χ0) is 18.7. The van der Waals surface area contributed by atoms with Crippen molar-refractivity contribution in [2.45, 2.75) is 6.18 Å². The van der Waals surface area contributed by atoms with E-state index in [1.807, 2.05) is 42.5 Å². The molecule has 0 saturated carbocycles. The molecule has 1 N–H and O–H groups in total. The van der Waals surface area contributed by atoms with Crippen molar-refractivity contribution in [1.82, 2.24) is 0 Å². The van der Waals surface area contributed by atoms with Gasteiger partial charge in [-0.2, -0.15) is 13.2 Å². The zero-order valence-electron chi connectivity index (χ0n) is 14.0. The Labute approximate surface area is 149 Å². The van der Waals surface area contributed by atoms with E-state index in [9.17, 15) is 18.0 Å². The number of rotatable bonds is 4. The fraction of sp³-hybridized carbons (Fsp3) is 0.150. The third-order valence-electron chi connectivity index (χ3n) is 4.06. The van der Waals surface area contributed by atoms with Crippen LogP contribution in [0.4, 0.5) is 24.5 Å². The van der Waals surface area contributed by atoms with Gasteiger partial charge in [0, 0.05) is 12.7 Å². The van der Waals surface area contributed by atoms with Crippen molar-refractivity contribution < 1.29 is 18.0 Å². The van der Waals surface area contributed by atoms with Crippen molar-refractivity contribution in [3.05, 3.63) is 72.3 Å². The maximum absolute atomic E-state index is 13.0. The quantitative estimate of drug-likeness (QED) is 0.717. The number of benzene rings is 3. The molecule has 0 bridgehead atoms. The molecule has 0 aromatic heterocycles. The smallest absolute Gasteiger partial charge is 0.365 e. The van der Waals surface area contributed by atoms with Gasteiger partial charge in [-0.15, -0.1) is 0 Å². The molecule has 0 spiro atoms. The molecule has 3 aromatic rings. The predicted octanol–water partition coefficient (Wildman–Crippen LogP) is 4.93. The Morgan fingerprint density at radius 3 is 2.35 bits per heavy atom. The average Bonchev–Trinajstić information content (AvgIpc) is 2.60. The van der Waals surface area contributed by atoms with E-state index < -0.39 is 17.6 Å². The molecule has 0 fully saturated rings. The Morgan fingerprint density at radius 2 is 1.62 bits per heavy atom.